The molecule has 0 aliphatic heterocycles. The summed E-state index contributed by atoms with van der Waals surface area (Å²) in [5, 5.41) is 3.38. The first-order valence-electron chi connectivity index (χ1n) is 5.42. The van der Waals surface area contributed by atoms with Crippen molar-refractivity contribution in [2.24, 2.45) is 17.1 Å². The van der Waals surface area contributed by atoms with Gasteiger partial charge in [-0.15, -0.1) is 0 Å². The first kappa shape index (κ1) is 12.9. The summed E-state index contributed by atoms with van der Waals surface area (Å²) in [5.74, 6) is 0.828. The van der Waals surface area contributed by atoms with Crippen molar-refractivity contribution in [3.05, 3.63) is 0 Å². The third kappa shape index (κ3) is 7.03. The van der Waals surface area contributed by atoms with E-state index >= 15 is 0 Å². The van der Waals surface area contributed by atoms with Crippen molar-refractivity contribution in [1.29, 1.82) is 0 Å². The quantitative estimate of drug-likeness (QED) is 0.597. The Morgan fingerprint density at radius 3 is 2.46 bits per heavy atom. The molecule has 1 atom stereocenters. The Bertz CT molecular complexity index is 121. The summed E-state index contributed by atoms with van der Waals surface area (Å²) in [6, 6.07) is 0. The third-order valence-corrected chi connectivity index (χ3v) is 2.52. The monoisotopic (exact) mass is 186 g/mol. The lowest BCUT2D eigenvalue weighted by Crippen LogP contribution is -2.33. The zero-order valence-corrected chi connectivity index (χ0v) is 9.69. The first-order valence-corrected chi connectivity index (χ1v) is 5.42. The number of hydrogen-bond acceptors (Lipinski definition) is 2. The van der Waals surface area contributed by atoms with Gasteiger partial charge in [0.05, 0.1) is 0 Å². The molecule has 2 heteroatoms. The third-order valence-electron chi connectivity index (χ3n) is 2.52. The van der Waals surface area contributed by atoms with Gasteiger partial charge >= 0.3 is 0 Å². The highest BCUT2D eigenvalue weighted by Crippen LogP contribution is 2.25. The minimum atomic E-state index is 0.407. The van der Waals surface area contributed by atoms with Gasteiger partial charge in [-0.3, -0.25) is 0 Å². The maximum absolute atomic E-state index is 5.42. The van der Waals surface area contributed by atoms with Crippen molar-refractivity contribution in [2.75, 3.05) is 19.6 Å². The molecular formula is C11H26N2. The van der Waals surface area contributed by atoms with Crippen LogP contribution in [0, 0.1) is 11.3 Å². The second kappa shape index (κ2) is 6.39. The van der Waals surface area contributed by atoms with Crippen LogP contribution in [-0.4, -0.2) is 19.6 Å². The fourth-order valence-electron chi connectivity index (χ4n) is 1.69. The van der Waals surface area contributed by atoms with E-state index in [2.05, 4.69) is 33.0 Å². The topological polar surface area (TPSA) is 38.0 Å². The standard InChI is InChI=1S/C11H26N2/c1-5-10(2)8-11(3,4)9-13-7-6-12/h10,13H,5-9,12H2,1-4H3. The highest BCUT2D eigenvalue weighted by atomic mass is 14.9. The van der Waals surface area contributed by atoms with Crippen LogP contribution >= 0.6 is 0 Å². The van der Waals surface area contributed by atoms with Gasteiger partial charge in [0.2, 0.25) is 0 Å². The summed E-state index contributed by atoms with van der Waals surface area (Å²) in [4.78, 5) is 0. The van der Waals surface area contributed by atoms with Crippen LogP contribution in [0.15, 0.2) is 0 Å². The highest BCUT2D eigenvalue weighted by molar-refractivity contribution is 4.73. The fourth-order valence-corrected chi connectivity index (χ4v) is 1.69. The van der Waals surface area contributed by atoms with Crippen LogP contribution in [-0.2, 0) is 0 Å². The van der Waals surface area contributed by atoms with E-state index in [0.29, 0.717) is 5.41 Å². The molecule has 2 nitrogen and oxygen atoms in total. The van der Waals surface area contributed by atoms with Gasteiger partial charge in [0, 0.05) is 19.6 Å². The molecule has 0 aromatic carbocycles. The molecule has 0 aromatic rings. The van der Waals surface area contributed by atoms with Crippen molar-refractivity contribution < 1.29 is 0 Å². The average molecular weight is 186 g/mol. The summed E-state index contributed by atoms with van der Waals surface area (Å²) in [5.41, 5.74) is 5.83. The Balaban J connectivity index is 3.65. The molecule has 0 saturated carbocycles. The van der Waals surface area contributed by atoms with Crippen LogP contribution in [0.4, 0.5) is 0 Å². The second-order valence-electron chi connectivity index (χ2n) is 4.85. The zero-order chi connectivity index (χ0) is 10.3. The van der Waals surface area contributed by atoms with Crippen LogP contribution < -0.4 is 11.1 Å². The van der Waals surface area contributed by atoms with Gasteiger partial charge in [0.1, 0.15) is 0 Å². The van der Waals surface area contributed by atoms with Gasteiger partial charge in [0.15, 0.2) is 0 Å². The van der Waals surface area contributed by atoms with Gasteiger partial charge in [0.25, 0.3) is 0 Å². The highest BCUT2D eigenvalue weighted by Gasteiger charge is 2.19. The van der Waals surface area contributed by atoms with Crippen molar-refractivity contribution >= 4 is 0 Å². The predicted molar refractivity (Wildman–Crippen MR) is 59.8 cm³/mol. The van der Waals surface area contributed by atoms with E-state index in [9.17, 15) is 0 Å². The molecule has 0 spiro atoms. The second-order valence-corrected chi connectivity index (χ2v) is 4.85. The van der Waals surface area contributed by atoms with E-state index in [1.165, 1.54) is 12.8 Å². The molecule has 0 fully saturated rings. The normalized spacial score (nSPS) is 14.5. The Kier molecular flexibility index (Phi) is 6.35. The molecule has 0 rings (SSSR count). The number of nitrogens with one attached hydrogen (secondary N) is 1. The van der Waals surface area contributed by atoms with Crippen molar-refractivity contribution in [2.45, 2.75) is 40.5 Å². The Labute approximate surface area is 83.3 Å². The van der Waals surface area contributed by atoms with Gasteiger partial charge < -0.3 is 11.1 Å². The fraction of sp³-hybridized carbons (Fsp3) is 1.00. The number of hydrogen-bond donors (Lipinski definition) is 2. The van der Waals surface area contributed by atoms with Crippen molar-refractivity contribution in [3.63, 3.8) is 0 Å². The molecule has 0 amide bonds. The summed E-state index contributed by atoms with van der Waals surface area (Å²) < 4.78 is 0. The average Bonchev–Trinajstić information content (AvgIpc) is 2.03. The first-order chi connectivity index (χ1) is 6.02. The van der Waals surface area contributed by atoms with Gasteiger partial charge in [-0.2, -0.15) is 0 Å². The molecule has 0 aromatic heterocycles. The summed E-state index contributed by atoms with van der Waals surface area (Å²) in [6.45, 7) is 12.0. The molecule has 0 heterocycles. The van der Waals surface area contributed by atoms with Crippen molar-refractivity contribution in [1.82, 2.24) is 5.32 Å². The molecular weight excluding hydrogens is 160 g/mol. The zero-order valence-electron chi connectivity index (χ0n) is 9.69. The van der Waals surface area contributed by atoms with Crippen LogP contribution in [0.5, 0.6) is 0 Å². The summed E-state index contributed by atoms with van der Waals surface area (Å²) in [7, 11) is 0. The molecule has 80 valence electrons. The van der Waals surface area contributed by atoms with Gasteiger partial charge in [-0.25, -0.2) is 0 Å². The SMILES string of the molecule is CCC(C)CC(C)(C)CNCCN. The lowest BCUT2D eigenvalue weighted by molar-refractivity contribution is 0.262. The van der Waals surface area contributed by atoms with Crippen LogP contribution in [0.1, 0.15) is 40.5 Å². The molecule has 0 aliphatic carbocycles. The van der Waals surface area contributed by atoms with E-state index < -0.39 is 0 Å². The van der Waals surface area contributed by atoms with Crippen molar-refractivity contribution in [3.8, 4) is 0 Å². The summed E-state index contributed by atoms with van der Waals surface area (Å²) in [6.07, 6.45) is 2.57. The molecule has 13 heavy (non-hydrogen) atoms. The predicted octanol–water partition coefficient (Wildman–Crippen LogP) is 2.00. The van der Waals surface area contributed by atoms with Crippen LogP contribution in [0.2, 0.25) is 0 Å². The van der Waals surface area contributed by atoms with E-state index in [0.717, 1.165) is 25.6 Å². The molecule has 0 radical (unpaired) electrons. The van der Waals surface area contributed by atoms with Crippen LogP contribution in [0.25, 0.3) is 0 Å². The lowest BCUT2D eigenvalue weighted by Gasteiger charge is -2.28. The molecule has 0 bridgehead atoms. The van der Waals surface area contributed by atoms with Gasteiger partial charge in [-0.1, -0.05) is 34.1 Å². The minimum Gasteiger partial charge on any atom is -0.329 e. The maximum atomic E-state index is 5.42. The largest absolute Gasteiger partial charge is 0.329 e. The summed E-state index contributed by atoms with van der Waals surface area (Å²) >= 11 is 0. The maximum Gasteiger partial charge on any atom is 0.00747 e. The Hall–Kier alpha value is -0.0800. The lowest BCUT2D eigenvalue weighted by atomic mass is 9.82. The number of nitrogens with two attached hydrogens (primary N) is 1. The molecule has 1 unspecified atom stereocenters. The molecule has 0 aliphatic rings. The molecule has 0 saturated heterocycles. The van der Waals surface area contributed by atoms with Crippen LogP contribution in [0.3, 0.4) is 0 Å². The minimum absolute atomic E-state index is 0.407. The Morgan fingerprint density at radius 2 is 2.00 bits per heavy atom. The Morgan fingerprint density at radius 1 is 1.38 bits per heavy atom. The van der Waals surface area contributed by atoms with E-state index in [1.54, 1.807) is 0 Å². The number of rotatable bonds is 7. The van der Waals surface area contributed by atoms with E-state index in [-0.39, 0.29) is 0 Å². The van der Waals surface area contributed by atoms with E-state index in [1.807, 2.05) is 0 Å². The van der Waals surface area contributed by atoms with E-state index in [4.69, 9.17) is 5.73 Å². The van der Waals surface area contributed by atoms with Gasteiger partial charge in [-0.05, 0) is 17.8 Å². The smallest absolute Gasteiger partial charge is 0.00747 e. The molecule has 3 N–H and O–H groups in total.